The number of nitrogens with one attached hydrogen (secondary N) is 1. The molecule has 170 valence electrons. The Hall–Kier alpha value is -2.81. The Kier molecular flexibility index (Phi) is 7.47. The van der Waals surface area contributed by atoms with Crippen LogP contribution in [-0.2, 0) is 14.3 Å². The molecule has 2 aromatic rings. The van der Waals surface area contributed by atoms with Crippen molar-refractivity contribution in [2.75, 3.05) is 64.3 Å². The SMILES string of the molecule is O=C(CN1CCN(C(C(=O)N2CCOCC2)c2ccccc2)CC1)Nc1ccc(F)cc1. The molecular weight excluding hydrogens is 411 g/mol. The van der Waals surface area contributed by atoms with Crippen molar-refractivity contribution in [1.82, 2.24) is 14.7 Å². The smallest absolute Gasteiger partial charge is 0.244 e. The Bertz CT molecular complexity index is 895. The van der Waals surface area contributed by atoms with Crippen molar-refractivity contribution in [1.29, 1.82) is 0 Å². The van der Waals surface area contributed by atoms with E-state index in [1.165, 1.54) is 12.1 Å². The minimum absolute atomic E-state index is 0.113. The van der Waals surface area contributed by atoms with Gasteiger partial charge in [0, 0.05) is 45.0 Å². The fourth-order valence-electron chi connectivity index (χ4n) is 4.22. The van der Waals surface area contributed by atoms with Crippen LogP contribution in [0.2, 0.25) is 0 Å². The molecule has 1 N–H and O–H groups in total. The van der Waals surface area contributed by atoms with Crippen LogP contribution in [0.3, 0.4) is 0 Å². The maximum absolute atomic E-state index is 13.4. The molecule has 0 aromatic heterocycles. The normalized spacial score (nSPS) is 18.8. The van der Waals surface area contributed by atoms with E-state index in [0.717, 1.165) is 5.56 Å². The first-order chi connectivity index (χ1) is 15.6. The van der Waals surface area contributed by atoms with Crippen LogP contribution in [-0.4, -0.2) is 85.5 Å². The molecule has 7 nitrogen and oxygen atoms in total. The van der Waals surface area contributed by atoms with E-state index in [9.17, 15) is 14.0 Å². The van der Waals surface area contributed by atoms with Crippen molar-refractivity contribution < 1.29 is 18.7 Å². The summed E-state index contributed by atoms with van der Waals surface area (Å²) in [4.78, 5) is 32.0. The number of rotatable bonds is 6. The topological polar surface area (TPSA) is 65.1 Å². The lowest BCUT2D eigenvalue weighted by Gasteiger charge is -2.40. The largest absolute Gasteiger partial charge is 0.378 e. The number of nitrogens with zero attached hydrogens (tertiary/aromatic N) is 3. The number of hydrogen-bond acceptors (Lipinski definition) is 5. The molecule has 8 heteroatoms. The van der Waals surface area contributed by atoms with Crippen molar-refractivity contribution in [2.24, 2.45) is 0 Å². The van der Waals surface area contributed by atoms with Crippen LogP contribution in [0.4, 0.5) is 10.1 Å². The van der Waals surface area contributed by atoms with Crippen LogP contribution in [0.5, 0.6) is 0 Å². The number of ether oxygens (including phenoxy) is 1. The third-order valence-electron chi connectivity index (χ3n) is 5.94. The van der Waals surface area contributed by atoms with Gasteiger partial charge in [-0.25, -0.2) is 4.39 Å². The minimum atomic E-state index is -0.335. The van der Waals surface area contributed by atoms with Crippen molar-refractivity contribution in [3.05, 3.63) is 66.0 Å². The first-order valence-corrected chi connectivity index (χ1v) is 11.0. The van der Waals surface area contributed by atoms with E-state index < -0.39 is 0 Å². The molecule has 2 aliphatic heterocycles. The maximum Gasteiger partial charge on any atom is 0.244 e. The van der Waals surface area contributed by atoms with Gasteiger partial charge in [0.05, 0.1) is 19.8 Å². The zero-order valence-electron chi connectivity index (χ0n) is 18.1. The van der Waals surface area contributed by atoms with Gasteiger partial charge < -0.3 is 15.0 Å². The number of hydrogen-bond donors (Lipinski definition) is 1. The van der Waals surface area contributed by atoms with E-state index in [4.69, 9.17) is 4.74 Å². The highest BCUT2D eigenvalue weighted by Gasteiger charge is 2.34. The Morgan fingerprint density at radius 2 is 1.56 bits per heavy atom. The van der Waals surface area contributed by atoms with Crippen LogP contribution in [0.1, 0.15) is 11.6 Å². The van der Waals surface area contributed by atoms with E-state index in [1.807, 2.05) is 35.2 Å². The molecule has 2 aliphatic rings. The fourth-order valence-corrected chi connectivity index (χ4v) is 4.22. The first-order valence-electron chi connectivity index (χ1n) is 11.0. The molecule has 0 saturated carbocycles. The predicted octanol–water partition coefficient (Wildman–Crippen LogP) is 1.98. The van der Waals surface area contributed by atoms with E-state index >= 15 is 0 Å². The monoisotopic (exact) mass is 440 g/mol. The zero-order valence-corrected chi connectivity index (χ0v) is 18.1. The summed E-state index contributed by atoms with van der Waals surface area (Å²) in [5.74, 6) is -0.352. The molecule has 2 saturated heterocycles. The van der Waals surface area contributed by atoms with E-state index in [-0.39, 0.29) is 30.2 Å². The summed E-state index contributed by atoms with van der Waals surface area (Å²) >= 11 is 0. The summed E-state index contributed by atoms with van der Waals surface area (Å²) in [5, 5.41) is 2.80. The molecule has 0 spiro atoms. The number of anilines is 1. The van der Waals surface area contributed by atoms with Crippen molar-refractivity contribution in [3.8, 4) is 0 Å². The summed E-state index contributed by atoms with van der Waals surface area (Å²) in [5.41, 5.74) is 1.57. The molecule has 4 rings (SSSR count). The van der Waals surface area contributed by atoms with E-state index in [0.29, 0.717) is 58.2 Å². The molecule has 0 aliphatic carbocycles. The van der Waals surface area contributed by atoms with Crippen LogP contribution in [0.25, 0.3) is 0 Å². The van der Waals surface area contributed by atoms with Gasteiger partial charge >= 0.3 is 0 Å². The number of carbonyl (C=O) groups is 2. The van der Waals surface area contributed by atoms with Crippen molar-refractivity contribution in [2.45, 2.75) is 6.04 Å². The lowest BCUT2D eigenvalue weighted by Crippen LogP contribution is -2.53. The third-order valence-corrected chi connectivity index (χ3v) is 5.94. The Morgan fingerprint density at radius 3 is 2.22 bits per heavy atom. The number of carbonyl (C=O) groups excluding carboxylic acids is 2. The van der Waals surface area contributed by atoms with Crippen LogP contribution in [0.15, 0.2) is 54.6 Å². The fraction of sp³-hybridized carbons (Fsp3) is 0.417. The molecule has 2 aromatic carbocycles. The van der Waals surface area contributed by atoms with Gasteiger partial charge in [-0.05, 0) is 29.8 Å². The predicted molar refractivity (Wildman–Crippen MR) is 120 cm³/mol. The van der Waals surface area contributed by atoms with Crippen LogP contribution in [0, 0.1) is 5.82 Å². The standard InChI is InChI=1S/C24H29FN4O3/c25-20-6-8-21(9-7-20)26-22(30)18-27-10-12-28(13-11-27)23(19-4-2-1-3-5-19)24(31)29-14-16-32-17-15-29/h1-9,23H,10-18H2,(H,26,30). The quantitative estimate of drug-likeness (QED) is 0.744. The molecule has 0 bridgehead atoms. The van der Waals surface area contributed by atoms with Gasteiger partial charge in [-0.3, -0.25) is 19.4 Å². The number of halogens is 1. The summed E-state index contributed by atoms with van der Waals surface area (Å²) in [6.07, 6.45) is 0. The molecule has 1 atom stereocenters. The highest BCUT2D eigenvalue weighted by Crippen LogP contribution is 2.25. The Balaban J connectivity index is 1.36. The minimum Gasteiger partial charge on any atom is -0.378 e. The van der Waals surface area contributed by atoms with E-state index in [1.54, 1.807) is 12.1 Å². The summed E-state index contributed by atoms with van der Waals surface area (Å²) in [6, 6.07) is 15.3. The molecule has 32 heavy (non-hydrogen) atoms. The van der Waals surface area contributed by atoms with Gasteiger partial charge in [0.1, 0.15) is 11.9 Å². The van der Waals surface area contributed by atoms with Gasteiger partial charge in [0.15, 0.2) is 0 Å². The highest BCUT2D eigenvalue weighted by molar-refractivity contribution is 5.92. The molecule has 2 heterocycles. The van der Waals surface area contributed by atoms with Gasteiger partial charge in [0.25, 0.3) is 0 Å². The number of amides is 2. The Morgan fingerprint density at radius 1 is 0.906 bits per heavy atom. The highest BCUT2D eigenvalue weighted by atomic mass is 19.1. The molecule has 2 amide bonds. The van der Waals surface area contributed by atoms with Crippen molar-refractivity contribution >= 4 is 17.5 Å². The average Bonchev–Trinajstić information content (AvgIpc) is 2.83. The lowest BCUT2D eigenvalue weighted by atomic mass is 10.0. The number of morpholine rings is 1. The van der Waals surface area contributed by atoms with Crippen LogP contribution < -0.4 is 5.32 Å². The second-order valence-electron chi connectivity index (χ2n) is 8.12. The molecule has 1 unspecified atom stereocenters. The lowest BCUT2D eigenvalue weighted by molar-refractivity contribution is -0.142. The second kappa shape index (κ2) is 10.7. The van der Waals surface area contributed by atoms with Gasteiger partial charge in [-0.15, -0.1) is 0 Å². The molecule has 2 fully saturated rings. The van der Waals surface area contributed by atoms with Gasteiger partial charge in [-0.2, -0.15) is 0 Å². The maximum atomic E-state index is 13.4. The van der Waals surface area contributed by atoms with E-state index in [2.05, 4.69) is 15.1 Å². The average molecular weight is 441 g/mol. The number of benzene rings is 2. The third kappa shape index (κ3) is 5.70. The van der Waals surface area contributed by atoms with Crippen LogP contribution >= 0.6 is 0 Å². The Labute approximate surface area is 187 Å². The zero-order chi connectivity index (χ0) is 22.3. The molecular formula is C24H29FN4O3. The van der Waals surface area contributed by atoms with Gasteiger partial charge in [-0.1, -0.05) is 30.3 Å². The second-order valence-corrected chi connectivity index (χ2v) is 8.12. The first kappa shape index (κ1) is 22.4. The summed E-state index contributed by atoms with van der Waals surface area (Å²) in [7, 11) is 0. The number of piperazine rings is 1. The molecule has 0 radical (unpaired) electrons. The van der Waals surface area contributed by atoms with Gasteiger partial charge in [0.2, 0.25) is 11.8 Å². The summed E-state index contributed by atoms with van der Waals surface area (Å²) in [6.45, 7) is 5.41. The van der Waals surface area contributed by atoms with Crippen molar-refractivity contribution in [3.63, 3.8) is 0 Å². The summed E-state index contributed by atoms with van der Waals surface area (Å²) < 4.78 is 18.4.